The van der Waals surface area contributed by atoms with Crippen molar-refractivity contribution in [1.82, 2.24) is 0 Å². The Bertz CT molecular complexity index is 594. The highest BCUT2D eigenvalue weighted by Gasteiger charge is 2.12. The third-order valence-electron chi connectivity index (χ3n) is 2.63. The van der Waals surface area contributed by atoms with Crippen molar-refractivity contribution >= 4 is 11.6 Å². The number of para-hydroxylation sites is 1. The lowest BCUT2D eigenvalue weighted by Gasteiger charge is -2.12. The first kappa shape index (κ1) is 12.8. The maximum absolute atomic E-state index is 11.3. The van der Waals surface area contributed by atoms with Crippen LogP contribution in [0.15, 0.2) is 42.5 Å². The summed E-state index contributed by atoms with van der Waals surface area (Å²) in [6.07, 6.45) is 0. The van der Waals surface area contributed by atoms with Crippen LogP contribution < -0.4 is 16.2 Å². The van der Waals surface area contributed by atoms with Crippen molar-refractivity contribution in [3.63, 3.8) is 0 Å². The Morgan fingerprint density at radius 2 is 1.84 bits per heavy atom. The van der Waals surface area contributed by atoms with Crippen LogP contribution in [0.1, 0.15) is 15.9 Å². The van der Waals surface area contributed by atoms with Gasteiger partial charge in [-0.3, -0.25) is 4.79 Å². The molecule has 0 bridgehead atoms. The molecule has 0 aliphatic rings. The summed E-state index contributed by atoms with van der Waals surface area (Å²) >= 11 is 0. The highest BCUT2D eigenvalue weighted by Crippen LogP contribution is 2.27. The molecule has 0 aromatic heterocycles. The number of nitrogen functional groups attached to an aromatic ring is 1. The fourth-order valence-electron chi connectivity index (χ4n) is 1.66. The average molecular weight is 258 g/mol. The fraction of sp³-hybridized carbons (Fsp3) is 0.0714. The van der Waals surface area contributed by atoms with Gasteiger partial charge >= 0.3 is 0 Å². The monoisotopic (exact) mass is 258 g/mol. The molecule has 2 aromatic carbocycles. The topological polar surface area (TPSA) is 98.6 Å². The van der Waals surface area contributed by atoms with Crippen LogP contribution in [0.3, 0.4) is 0 Å². The van der Waals surface area contributed by atoms with Crippen molar-refractivity contribution in [2.45, 2.75) is 6.61 Å². The summed E-state index contributed by atoms with van der Waals surface area (Å²) in [5, 5.41) is 9.18. The maximum atomic E-state index is 11.3. The van der Waals surface area contributed by atoms with Crippen LogP contribution in [0, 0.1) is 0 Å². The number of ether oxygens (including phenoxy) is 1. The molecule has 5 N–H and O–H groups in total. The van der Waals surface area contributed by atoms with Gasteiger partial charge < -0.3 is 21.3 Å². The number of phenolic OH excluding ortho intramolecular Hbond substituents is 1. The van der Waals surface area contributed by atoms with Crippen LogP contribution in [0.25, 0.3) is 0 Å². The average Bonchev–Trinajstić information content (AvgIpc) is 2.39. The van der Waals surface area contributed by atoms with Gasteiger partial charge in [-0.2, -0.15) is 0 Å². The molecule has 1 amide bonds. The molecule has 0 atom stereocenters. The van der Waals surface area contributed by atoms with E-state index in [4.69, 9.17) is 16.2 Å². The van der Waals surface area contributed by atoms with E-state index in [1.54, 1.807) is 42.5 Å². The van der Waals surface area contributed by atoms with Crippen LogP contribution in [0.2, 0.25) is 0 Å². The molecule has 0 heterocycles. The lowest BCUT2D eigenvalue weighted by atomic mass is 10.1. The minimum Gasteiger partial charge on any atom is -0.508 e. The standard InChI is InChI=1S/C14H14N2O3/c15-12-3-1-2-11(14(16)18)13(12)19-8-9-4-6-10(17)7-5-9/h1-7,17H,8,15H2,(H2,16,18). The molecule has 0 aliphatic heterocycles. The van der Waals surface area contributed by atoms with E-state index in [0.29, 0.717) is 5.69 Å². The number of carbonyl (C=O) groups excluding carboxylic acids is 1. The molecule has 5 nitrogen and oxygen atoms in total. The van der Waals surface area contributed by atoms with Crippen molar-refractivity contribution in [3.8, 4) is 11.5 Å². The molecular weight excluding hydrogens is 244 g/mol. The molecule has 0 spiro atoms. The predicted octanol–water partition coefficient (Wildman–Crippen LogP) is 1.65. The van der Waals surface area contributed by atoms with Gasteiger partial charge in [0, 0.05) is 0 Å². The van der Waals surface area contributed by atoms with Crippen LogP contribution in [0.4, 0.5) is 5.69 Å². The van der Waals surface area contributed by atoms with Crippen LogP contribution in [-0.4, -0.2) is 11.0 Å². The molecule has 0 unspecified atom stereocenters. The smallest absolute Gasteiger partial charge is 0.252 e. The maximum Gasteiger partial charge on any atom is 0.252 e. The van der Waals surface area contributed by atoms with Gasteiger partial charge in [0.2, 0.25) is 0 Å². The molecule has 19 heavy (non-hydrogen) atoms. The Balaban J connectivity index is 2.19. The summed E-state index contributed by atoms with van der Waals surface area (Å²) in [6, 6.07) is 11.4. The molecule has 5 heteroatoms. The molecular formula is C14H14N2O3. The van der Waals surface area contributed by atoms with E-state index in [2.05, 4.69) is 0 Å². The predicted molar refractivity (Wildman–Crippen MR) is 71.8 cm³/mol. The van der Waals surface area contributed by atoms with Crippen LogP contribution in [0.5, 0.6) is 11.5 Å². The molecule has 0 saturated heterocycles. The Morgan fingerprint density at radius 1 is 1.16 bits per heavy atom. The zero-order valence-corrected chi connectivity index (χ0v) is 10.2. The number of amides is 1. The van der Waals surface area contributed by atoms with Gasteiger partial charge in [0.05, 0.1) is 11.3 Å². The Labute approximate surface area is 110 Å². The number of hydrogen-bond donors (Lipinski definition) is 3. The largest absolute Gasteiger partial charge is 0.508 e. The second-order valence-corrected chi connectivity index (χ2v) is 4.04. The number of aromatic hydroxyl groups is 1. The highest BCUT2D eigenvalue weighted by molar-refractivity contribution is 5.97. The Hall–Kier alpha value is -2.69. The van der Waals surface area contributed by atoms with E-state index < -0.39 is 5.91 Å². The second kappa shape index (κ2) is 5.30. The summed E-state index contributed by atoms with van der Waals surface area (Å²) in [5.41, 5.74) is 12.5. The molecule has 2 rings (SSSR count). The van der Waals surface area contributed by atoms with Crippen molar-refractivity contribution in [2.24, 2.45) is 5.73 Å². The lowest BCUT2D eigenvalue weighted by molar-refractivity contribution is 0.0996. The van der Waals surface area contributed by atoms with Crippen molar-refractivity contribution < 1.29 is 14.6 Å². The number of rotatable bonds is 4. The molecule has 2 aromatic rings. The molecule has 0 aliphatic carbocycles. The summed E-state index contributed by atoms with van der Waals surface area (Å²) in [6.45, 7) is 0.231. The fourth-order valence-corrected chi connectivity index (χ4v) is 1.66. The number of nitrogens with two attached hydrogens (primary N) is 2. The van der Waals surface area contributed by atoms with Gasteiger partial charge in [-0.25, -0.2) is 0 Å². The summed E-state index contributed by atoms with van der Waals surface area (Å²) in [4.78, 5) is 11.3. The van der Waals surface area contributed by atoms with E-state index >= 15 is 0 Å². The number of benzene rings is 2. The summed E-state index contributed by atoms with van der Waals surface area (Å²) < 4.78 is 5.55. The van der Waals surface area contributed by atoms with Crippen LogP contribution >= 0.6 is 0 Å². The zero-order chi connectivity index (χ0) is 13.8. The van der Waals surface area contributed by atoms with Crippen molar-refractivity contribution in [2.75, 3.05) is 5.73 Å². The van der Waals surface area contributed by atoms with Crippen molar-refractivity contribution in [1.29, 1.82) is 0 Å². The van der Waals surface area contributed by atoms with Gasteiger partial charge in [-0.05, 0) is 29.8 Å². The highest BCUT2D eigenvalue weighted by atomic mass is 16.5. The first-order valence-electron chi connectivity index (χ1n) is 5.67. The number of carbonyl (C=O) groups is 1. The molecule has 98 valence electrons. The summed E-state index contributed by atoms with van der Waals surface area (Å²) in [5.74, 6) is -0.128. The van der Waals surface area contributed by atoms with E-state index in [9.17, 15) is 9.90 Å². The van der Waals surface area contributed by atoms with E-state index in [1.165, 1.54) is 0 Å². The minimum atomic E-state index is -0.590. The minimum absolute atomic E-state index is 0.181. The second-order valence-electron chi connectivity index (χ2n) is 4.04. The summed E-state index contributed by atoms with van der Waals surface area (Å²) in [7, 11) is 0. The van der Waals surface area contributed by atoms with Crippen LogP contribution in [-0.2, 0) is 6.61 Å². The van der Waals surface area contributed by atoms with E-state index in [0.717, 1.165) is 5.56 Å². The number of phenols is 1. The normalized spacial score (nSPS) is 10.1. The van der Waals surface area contributed by atoms with Crippen molar-refractivity contribution in [3.05, 3.63) is 53.6 Å². The van der Waals surface area contributed by atoms with Gasteiger partial charge in [0.15, 0.2) is 5.75 Å². The van der Waals surface area contributed by atoms with Gasteiger partial charge in [0.1, 0.15) is 12.4 Å². The van der Waals surface area contributed by atoms with E-state index in [1.807, 2.05) is 0 Å². The van der Waals surface area contributed by atoms with Gasteiger partial charge in [0.25, 0.3) is 5.91 Å². The number of primary amides is 1. The molecule has 0 radical (unpaired) electrons. The van der Waals surface area contributed by atoms with E-state index in [-0.39, 0.29) is 23.7 Å². The zero-order valence-electron chi connectivity index (χ0n) is 10.2. The first-order chi connectivity index (χ1) is 9.08. The lowest BCUT2D eigenvalue weighted by Crippen LogP contribution is -2.14. The third-order valence-corrected chi connectivity index (χ3v) is 2.63. The number of anilines is 1. The number of hydrogen-bond acceptors (Lipinski definition) is 4. The molecule has 0 fully saturated rings. The molecule has 0 saturated carbocycles. The Morgan fingerprint density at radius 3 is 2.47 bits per heavy atom. The Kier molecular flexibility index (Phi) is 3.56. The quantitative estimate of drug-likeness (QED) is 0.726. The van der Waals surface area contributed by atoms with Gasteiger partial charge in [-0.15, -0.1) is 0 Å². The third kappa shape index (κ3) is 2.95. The SMILES string of the molecule is NC(=O)c1cccc(N)c1OCc1ccc(O)cc1. The first-order valence-corrected chi connectivity index (χ1v) is 5.67. The van der Waals surface area contributed by atoms with Gasteiger partial charge in [-0.1, -0.05) is 18.2 Å².